The summed E-state index contributed by atoms with van der Waals surface area (Å²) in [6.45, 7) is 3.46. The monoisotopic (exact) mass is 204 g/mol. The normalized spacial score (nSPS) is 14.9. The molecule has 0 spiro atoms. The number of hydrogen-bond donors (Lipinski definition) is 2. The minimum atomic E-state index is -1.39. The quantitative estimate of drug-likeness (QED) is 0.371. The van der Waals surface area contributed by atoms with Gasteiger partial charge in [-0.15, -0.1) is 0 Å². The maximum Gasteiger partial charge on any atom is 0.308 e. The highest BCUT2D eigenvalue weighted by Crippen LogP contribution is 2.05. The largest absolute Gasteiger partial charge is 0.433 e. The van der Waals surface area contributed by atoms with Gasteiger partial charge >= 0.3 is 5.97 Å². The van der Waals surface area contributed by atoms with Gasteiger partial charge in [-0.05, 0) is 13.3 Å². The van der Waals surface area contributed by atoms with Gasteiger partial charge in [-0.2, -0.15) is 0 Å². The Hall–Kier alpha value is -0.610. The second-order valence-corrected chi connectivity index (χ2v) is 3.43. The highest BCUT2D eigenvalue weighted by molar-refractivity contribution is 5.69. The smallest absolute Gasteiger partial charge is 0.308 e. The van der Waals surface area contributed by atoms with E-state index in [0.717, 1.165) is 25.7 Å². The molecule has 0 aliphatic heterocycles. The Labute approximate surface area is 84.9 Å². The van der Waals surface area contributed by atoms with Crippen LogP contribution < -0.4 is 0 Å². The lowest BCUT2D eigenvalue weighted by Gasteiger charge is -2.13. The van der Waals surface area contributed by atoms with E-state index >= 15 is 0 Å². The first-order chi connectivity index (χ1) is 6.57. The van der Waals surface area contributed by atoms with Crippen molar-refractivity contribution in [3.05, 3.63) is 0 Å². The van der Waals surface area contributed by atoms with Gasteiger partial charge in [-0.25, -0.2) is 0 Å². The number of hydrogen-bond acceptors (Lipinski definition) is 4. The molecule has 4 nitrogen and oxygen atoms in total. The summed E-state index contributed by atoms with van der Waals surface area (Å²) in [5, 5.41) is 17.9. The standard InChI is InChI=1S/C10H20O4/c1-3-4-5-6-7-9(12)14-10(13)8(2)11/h8,10-11,13H,3-7H2,1-2H3. The molecule has 2 atom stereocenters. The predicted molar refractivity (Wildman–Crippen MR) is 52.5 cm³/mol. The molecule has 0 amide bonds. The Morgan fingerprint density at radius 3 is 2.43 bits per heavy atom. The van der Waals surface area contributed by atoms with Gasteiger partial charge in [-0.3, -0.25) is 4.79 Å². The van der Waals surface area contributed by atoms with Gasteiger partial charge in [0.1, 0.15) is 6.10 Å². The van der Waals surface area contributed by atoms with Crippen molar-refractivity contribution in [2.75, 3.05) is 0 Å². The van der Waals surface area contributed by atoms with Crippen LogP contribution in [0.1, 0.15) is 46.0 Å². The van der Waals surface area contributed by atoms with E-state index in [1.165, 1.54) is 6.92 Å². The van der Waals surface area contributed by atoms with Crippen molar-refractivity contribution in [2.45, 2.75) is 58.3 Å². The van der Waals surface area contributed by atoms with E-state index < -0.39 is 18.4 Å². The van der Waals surface area contributed by atoms with Crippen LogP contribution in [-0.2, 0) is 9.53 Å². The molecule has 0 bridgehead atoms. The number of unbranched alkanes of at least 4 members (excludes halogenated alkanes) is 3. The van der Waals surface area contributed by atoms with Crippen molar-refractivity contribution in [2.24, 2.45) is 0 Å². The van der Waals surface area contributed by atoms with Crippen LogP contribution in [0, 0.1) is 0 Å². The molecular formula is C10H20O4. The lowest BCUT2D eigenvalue weighted by atomic mass is 10.1. The van der Waals surface area contributed by atoms with Gasteiger partial charge in [0.2, 0.25) is 6.29 Å². The van der Waals surface area contributed by atoms with E-state index in [2.05, 4.69) is 11.7 Å². The van der Waals surface area contributed by atoms with E-state index in [1.54, 1.807) is 0 Å². The van der Waals surface area contributed by atoms with E-state index in [-0.39, 0.29) is 0 Å². The number of carbonyl (C=O) groups is 1. The molecule has 2 N–H and O–H groups in total. The van der Waals surface area contributed by atoms with E-state index in [1.807, 2.05) is 0 Å². The Kier molecular flexibility index (Phi) is 7.42. The molecule has 0 radical (unpaired) electrons. The van der Waals surface area contributed by atoms with Gasteiger partial charge in [-0.1, -0.05) is 26.2 Å². The van der Waals surface area contributed by atoms with Crippen molar-refractivity contribution in [1.82, 2.24) is 0 Å². The summed E-state index contributed by atoms with van der Waals surface area (Å²) in [6, 6.07) is 0. The Morgan fingerprint density at radius 1 is 1.29 bits per heavy atom. The highest BCUT2D eigenvalue weighted by Gasteiger charge is 2.15. The summed E-state index contributed by atoms with van der Waals surface area (Å²) in [5.41, 5.74) is 0. The molecule has 14 heavy (non-hydrogen) atoms. The molecule has 0 aromatic rings. The van der Waals surface area contributed by atoms with Crippen LogP contribution in [-0.4, -0.2) is 28.6 Å². The average molecular weight is 204 g/mol. The van der Waals surface area contributed by atoms with Crippen molar-refractivity contribution in [1.29, 1.82) is 0 Å². The highest BCUT2D eigenvalue weighted by atomic mass is 16.6. The maximum atomic E-state index is 11.0. The molecule has 0 aliphatic carbocycles. The van der Waals surface area contributed by atoms with Crippen molar-refractivity contribution >= 4 is 5.97 Å². The van der Waals surface area contributed by atoms with Crippen molar-refractivity contribution in [3.8, 4) is 0 Å². The Morgan fingerprint density at radius 2 is 1.93 bits per heavy atom. The molecule has 0 aromatic carbocycles. The summed E-state index contributed by atoms with van der Waals surface area (Å²) < 4.78 is 4.56. The fraction of sp³-hybridized carbons (Fsp3) is 0.900. The minimum Gasteiger partial charge on any atom is -0.433 e. The summed E-state index contributed by atoms with van der Waals surface area (Å²) >= 11 is 0. The number of carbonyl (C=O) groups excluding carboxylic acids is 1. The first-order valence-corrected chi connectivity index (χ1v) is 5.13. The first kappa shape index (κ1) is 13.4. The summed E-state index contributed by atoms with van der Waals surface area (Å²) in [4.78, 5) is 11.0. The maximum absolute atomic E-state index is 11.0. The molecule has 0 rings (SSSR count). The van der Waals surface area contributed by atoms with Gasteiger partial charge in [0, 0.05) is 6.42 Å². The third-order valence-electron chi connectivity index (χ3n) is 1.90. The number of rotatable bonds is 7. The van der Waals surface area contributed by atoms with Gasteiger partial charge in [0.15, 0.2) is 0 Å². The van der Waals surface area contributed by atoms with E-state index in [9.17, 15) is 4.79 Å². The second-order valence-electron chi connectivity index (χ2n) is 3.43. The second kappa shape index (κ2) is 7.76. The molecule has 0 saturated carbocycles. The molecule has 4 heteroatoms. The van der Waals surface area contributed by atoms with Crippen LogP contribution >= 0.6 is 0 Å². The number of aliphatic hydroxyl groups excluding tert-OH is 2. The Bertz CT molecular complexity index is 156. The third-order valence-corrected chi connectivity index (χ3v) is 1.90. The third kappa shape index (κ3) is 6.86. The Balaban J connectivity index is 3.45. The summed E-state index contributed by atoms with van der Waals surface area (Å²) in [5.74, 6) is -0.450. The van der Waals surface area contributed by atoms with E-state index in [4.69, 9.17) is 10.2 Å². The molecule has 0 fully saturated rings. The van der Waals surface area contributed by atoms with Crippen LogP contribution in [0.4, 0.5) is 0 Å². The zero-order chi connectivity index (χ0) is 11.0. The molecule has 0 saturated heterocycles. The molecule has 2 unspecified atom stereocenters. The SMILES string of the molecule is CCCCCCC(=O)OC(O)C(C)O. The number of esters is 1. The lowest BCUT2D eigenvalue weighted by Crippen LogP contribution is -2.28. The molecule has 0 aromatic heterocycles. The van der Waals surface area contributed by atoms with Crippen LogP contribution in [0.15, 0.2) is 0 Å². The zero-order valence-electron chi connectivity index (χ0n) is 8.90. The number of aliphatic hydroxyl groups is 2. The van der Waals surface area contributed by atoms with E-state index in [0.29, 0.717) is 6.42 Å². The van der Waals surface area contributed by atoms with Crippen molar-refractivity contribution < 1.29 is 19.7 Å². The van der Waals surface area contributed by atoms with Gasteiger partial charge < -0.3 is 14.9 Å². The topological polar surface area (TPSA) is 66.8 Å². The number of ether oxygens (including phenoxy) is 1. The fourth-order valence-electron chi connectivity index (χ4n) is 0.988. The fourth-order valence-corrected chi connectivity index (χ4v) is 0.988. The van der Waals surface area contributed by atoms with Crippen molar-refractivity contribution in [3.63, 3.8) is 0 Å². The average Bonchev–Trinajstić information content (AvgIpc) is 2.12. The van der Waals surface area contributed by atoms with Crippen LogP contribution in [0.2, 0.25) is 0 Å². The van der Waals surface area contributed by atoms with Crippen LogP contribution in [0.25, 0.3) is 0 Å². The van der Waals surface area contributed by atoms with Gasteiger partial charge in [0.25, 0.3) is 0 Å². The molecular weight excluding hydrogens is 184 g/mol. The first-order valence-electron chi connectivity index (χ1n) is 5.13. The summed E-state index contributed by atoms with van der Waals surface area (Å²) in [6.07, 6.45) is 1.87. The molecule has 0 aliphatic rings. The lowest BCUT2D eigenvalue weighted by molar-refractivity contribution is -0.184. The molecule has 0 heterocycles. The van der Waals surface area contributed by atoms with Crippen LogP contribution in [0.5, 0.6) is 0 Å². The van der Waals surface area contributed by atoms with Gasteiger partial charge in [0.05, 0.1) is 0 Å². The zero-order valence-corrected chi connectivity index (χ0v) is 8.90. The predicted octanol–water partition coefficient (Wildman–Crippen LogP) is 1.20. The minimum absolute atomic E-state index is 0.309. The summed E-state index contributed by atoms with van der Waals surface area (Å²) in [7, 11) is 0. The molecule has 84 valence electrons. The van der Waals surface area contributed by atoms with Crippen LogP contribution in [0.3, 0.4) is 0 Å².